The third kappa shape index (κ3) is 6.17. The fourth-order valence-corrected chi connectivity index (χ4v) is 2.93. The van der Waals surface area contributed by atoms with Gasteiger partial charge in [0.2, 0.25) is 0 Å². The normalized spacial score (nSPS) is 11.3. The number of rotatable bonds is 9. The van der Waals surface area contributed by atoms with E-state index in [1.165, 1.54) is 11.1 Å². The van der Waals surface area contributed by atoms with E-state index in [4.69, 9.17) is 19.9 Å². The summed E-state index contributed by atoms with van der Waals surface area (Å²) in [5.74, 6) is 2.42. The minimum atomic E-state index is 0.0326. The second-order valence-electron chi connectivity index (χ2n) is 7.70. The molecule has 4 nitrogen and oxygen atoms in total. The van der Waals surface area contributed by atoms with Gasteiger partial charge in [-0.2, -0.15) is 0 Å². The molecule has 2 rings (SSSR count). The standard InChI is InChI=1S/C23H33NO3/c1-6-25-22-16-18(11-12-24)8-10-20(22)26-13-14-27-21-15-17(2)7-9-19(21)23(3,4)5/h7-10,15-16H,6,11-14,24H2,1-5H3. The molecule has 0 aromatic heterocycles. The predicted octanol–water partition coefficient (Wildman–Crippen LogP) is 4.65. The Morgan fingerprint density at radius 3 is 2.19 bits per heavy atom. The fourth-order valence-electron chi connectivity index (χ4n) is 2.93. The van der Waals surface area contributed by atoms with Crippen LogP contribution in [0.2, 0.25) is 0 Å². The highest BCUT2D eigenvalue weighted by Crippen LogP contribution is 2.32. The second kappa shape index (κ2) is 9.65. The highest BCUT2D eigenvalue weighted by atomic mass is 16.5. The van der Waals surface area contributed by atoms with Crippen LogP contribution in [0, 0.1) is 6.92 Å². The van der Waals surface area contributed by atoms with Crippen molar-refractivity contribution in [2.45, 2.75) is 46.5 Å². The summed E-state index contributed by atoms with van der Waals surface area (Å²) >= 11 is 0. The molecule has 148 valence electrons. The molecule has 0 unspecified atom stereocenters. The molecule has 0 bridgehead atoms. The van der Waals surface area contributed by atoms with Crippen LogP contribution < -0.4 is 19.9 Å². The molecule has 0 atom stereocenters. The van der Waals surface area contributed by atoms with E-state index < -0.39 is 0 Å². The highest BCUT2D eigenvalue weighted by molar-refractivity contribution is 5.43. The molecule has 0 aliphatic heterocycles. The van der Waals surface area contributed by atoms with Gasteiger partial charge in [0.1, 0.15) is 19.0 Å². The maximum atomic E-state index is 6.05. The maximum Gasteiger partial charge on any atom is 0.161 e. The van der Waals surface area contributed by atoms with Crippen LogP contribution in [0.4, 0.5) is 0 Å². The Balaban J connectivity index is 2.00. The molecule has 4 heteroatoms. The van der Waals surface area contributed by atoms with E-state index in [0.29, 0.717) is 26.4 Å². The topological polar surface area (TPSA) is 53.7 Å². The summed E-state index contributed by atoms with van der Waals surface area (Å²) in [6.45, 7) is 12.8. The van der Waals surface area contributed by atoms with Crippen molar-refractivity contribution in [3.8, 4) is 17.2 Å². The third-order valence-corrected chi connectivity index (χ3v) is 4.28. The van der Waals surface area contributed by atoms with Crippen molar-refractivity contribution in [2.24, 2.45) is 5.73 Å². The molecule has 0 saturated carbocycles. The lowest BCUT2D eigenvalue weighted by molar-refractivity contribution is 0.206. The Bertz CT molecular complexity index is 735. The monoisotopic (exact) mass is 371 g/mol. The molecule has 0 heterocycles. The minimum Gasteiger partial charge on any atom is -0.490 e. The van der Waals surface area contributed by atoms with Crippen LogP contribution in [-0.4, -0.2) is 26.4 Å². The number of ether oxygens (including phenoxy) is 3. The van der Waals surface area contributed by atoms with E-state index in [1.807, 2.05) is 25.1 Å². The van der Waals surface area contributed by atoms with Gasteiger partial charge in [-0.25, -0.2) is 0 Å². The predicted molar refractivity (Wildman–Crippen MR) is 111 cm³/mol. The number of hydrogen-bond acceptors (Lipinski definition) is 4. The van der Waals surface area contributed by atoms with Crippen LogP contribution in [0.1, 0.15) is 44.4 Å². The van der Waals surface area contributed by atoms with Gasteiger partial charge in [0, 0.05) is 0 Å². The van der Waals surface area contributed by atoms with E-state index in [2.05, 4.69) is 45.9 Å². The van der Waals surface area contributed by atoms with E-state index in [9.17, 15) is 0 Å². The molecule has 0 amide bonds. The summed E-state index contributed by atoms with van der Waals surface area (Å²) in [7, 11) is 0. The van der Waals surface area contributed by atoms with Crippen molar-refractivity contribution >= 4 is 0 Å². The molecule has 0 radical (unpaired) electrons. The lowest BCUT2D eigenvalue weighted by atomic mass is 9.86. The summed E-state index contributed by atoms with van der Waals surface area (Å²) in [4.78, 5) is 0. The van der Waals surface area contributed by atoms with Crippen molar-refractivity contribution in [1.29, 1.82) is 0 Å². The molecule has 2 aromatic rings. The van der Waals surface area contributed by atoms with E-state index in [1.54, 1.807) is 0 Å². The summed E-state index contributed by atoms with van der Waals surface area (Å²) in [5, 5.41) is 0. The quantitative estimate of drug-likeness (QED) is 0.652. The van der Waals surface area contributed by atoms with Crippen LogP contribution in [0.3, 0.4) is 0 Å². The van der Waals surface area contributed by atoms with E-state index in [0.717, 1.165) is 29.2 Å². The number of hydrogen-bond donors (Lipinski definition) is 1. The Morgan fingerprint density at radius 1 is 0.852 bits per heavy atom. The Morgan fingerprint density at radius 2 is 1.56 bits per heavy atom. The second-order valence-corrected chi connectivity index (χ2v) is 7.70. The van der Waals surface area contributed by atoms with Gasteiger partial charge < -0.3 is 19.9 Å². The molecule has 0 saturated heterocycles. The average molecular weight is 372 g/mol. The van der Waals surface area contributed by atoms with Crippen molar-refractivity contribution < 1.29 is 14.2 Å². The summed E-state index contributed by atoms with van der Waals surface area (Å²) < 4.78 is 17.7. The molecule has 0 aliphatic rings. The highest BCUT2D eigenvalue weighted by Gasteiger charge is 2.19. The van der Waals surface area contributed by atoms with Crippen molar-refractivity contribution in [2.75, 3.05) is 26.4 Å². The average Bonchev–Trinajstić information content (AvgIpc) is 2.60. The molecule has 27 heavy (non-hydrogen) atoms. The summed E-state index contributed by atoms with van der Waals surface area (Å²) in [5.41, 5.74) is 9.22. The van der Waals surface area contributed by atoms with Gasteiger partial charge in [-0.3, -0.25) is 0 Å². The van der Waals surface area contributed by atoms with Gasteiger partial charge in [0.25, 0.3) is 0 Å². The van der Waals surface area contributed by atoms with Crippen LogP contribution in [0.15, 0.2) is 36.4 Å². The maximum absolute atomic E-state index is 6.05. The largest absolute Gasteiger partial charge is 0.490 e. The van der Waals surface area contributed by atoms with Crippen LogP contribution in [0.25, 0.3) is 0 Å². The van der Waals surface area contributed by atoms with Gasteiger partial charge in [-0.05, 0) is 67.1 Å². The molecule has 0 spiro atoms. The van der Waals surface area contributed by atoms with Gasteiger partial charge >= 0.3 is 0 Å². The van der Waals surface area contributed by atoms with Gasteiger partial charge in [0.05, 0.1) is 6.61 Å². The molecule has 2 aromatic carbocycles. The molecule has 0 aliphatic carbocycles. The summed E-state index contributed by atoms with van der Waals surface area (Å²) in [6, 6.07) is 12.3. The Hall–Kier alpha value is -2.20. The zero-order valence-electron chi connectivity index (χ0n) is 17.3. The van der Waals surface area contributed by atoms with E-state index >= 15 is 0 Å². The fraction of sp³-hybridized carbons (Fsp3) is 0.478. The van der Waals surface area contributed by atoms with Gasteiger partial charge in [-0.15, -0.1) is 0 Å². The van der Waals surface area contributed by atoms with Crippen molar-refractivity contribution in [3.05, 3.63) is 53.1 Å². The first kappa shape index (κ1) is 21.1. The molecular formula is C23H33NO3. The minimum absolute atomic E-state index is 0.0326. The lowest BCUT2D eigenvalue weighted by Crippen LogP contribution is -2.16. The van der Waals surface area contributed by atoms with Gasteiger partial charge in [-0.1, -0.05) is 39.0 Å². The zero-order chi connectivity index (χ0) is 19.9. The van der Waals surface area contributed by atoms with Gasteiger partial charge in [0.15, 0.2) is 11.5 Å². The number of aryl methyl sites for hydroxylation is 1. The Labute approximate surface area is 163 Å². The first-order valence-corrected chi connectivity index (χ1v) is 9.67. The SMILES string of the molecule is CCOc1cc(CCN)ccc1OCCOc1cc(C)ccc1C(C)(C)C. The number of nitrogens with two attached hydrogens (primary N) is 1. The van der Waals surface area contributed by atoms with Crippen molar-refractivity contribution in [1.82, 2.24) is 0 Å². The Kier molecular flexibility index (Phi) is 7.55. The van der Waals surface area contributed by atoms with Crippen LogP contribution in [0.5, 0.6) is 17.2 Å². The third-order valence-electron chi connectivity index (χ3n) is 4.28. The summed E-state index contributed by atoms with van der Waals surface area (Å²) in [6.07, 6.45) is 0.826. The molecular weight excluding hydrogens is 338 g/mol. The van der Waals surface area contributed by atoms with Crippen LogP contribution >= 0.6 is 0 Å². The number of benzene rings is 2. The van der Waals surface area contributed by atoms with Crippen molar-refractivity contribution in [3.63, 3.8) is 0 Å². The van der Waals surface area contributed by atoms with E-state index in [-0.39, 0.29) is 5.41 Å². The smallest absolute Gasteiger partial charge is 0.161 e. The first-order valence-electron chi connectivity index (χ1n) is 9.67. The zero-order valence-corrected chi connectivity index (χ0v) is 17.3. The molecule has 2 N–H and O–H groups in total. The van der Waals surface area contributed by atoms with Crippen LogP contribution in [-0.2, 0) is 11.8 Å². The molecule has 0 fully saturated rings. The lowest BCUT2D eigenvalue weighted by Gasteiger charge is -2.23. The first-order chi connectivity index (χ1) is 12.8.